The van der Waals surface area contributed by atoms with E-state index in [-0.39, 0.29) is 11.4 Å². The molecule has 3 nitrogen and oxygen atoms in total. The molecule has 0 heterocycles. The molecule has 0 aliphatic carbocycles. The minimum atomic E-state index is -0.149. The first-order chi connectivity index (χ1) is 8.79. The van der Waals surface area contributed by atoms with Crippen molar-refractivity contribution in [2.24, 2.45) is 0 Å². The first-order valence-corrected chi connectivity index (χ1v) is 6.86. The van der Waals surface area contributed by atoms with Gasteiger partial charge in [-0.2, -0.15) is 0 Å². The Morgan fingerprint density at radius 3 is 2.53 bits per heavy atom. The monoisotopic (exact) mass is 262 g/mol. The van der Waals surface area contributed by atoms with Crippen LogP contribution in [0.1, 0.15) is 43.9 Å². The molecule has 1 rings (SSSR count). The molecule has 0 aromatic heterocycles. The lowest BCUT2D eigenvalue weighted by molar-refractivity contribution is -0.122. The third-order valence-electron chi connectivity index (χ3n) is 3.08. The summed E-state index contributed by atoms with van der Waals surface area (Å²) in [6.07, 6.45) is 0.516. The van der Waals surface area contributed by atoms with Crippen LogP contribution in [0.2, 0.25) is 0 Å². The van der Waals surface area contributed by atoms with Crippen molar-refractivity contribution in [1.29, 1.82) is 0 Å². The van der Waals surface area contributed by atoms with Crippen LogP contribution in [0.3, 0.4) is 0 Å². The fraction of sp³-hybridized carbons (Fsp3) is 0.562. The highest BCUT2D eigenvalue weighted by atomic mass is 16.1. The zero-order valence-corrected chi connectivity index (χ0v) is 12.8. The third-order valence-corrected chi connectivity index (χ3v) is 3.08. The summed E-state index contributed by atoms with van der Waals surface area (Å²) in [6.45, 7) is 11.8. The van der Waals surface area contributed by atoms with Gasteiger partial charge in [0.2, 0.25) is 5.91 Å². The van der Waals surface area contributed by atoms with Crippen molar-refractivity contribution < 1.29 is 4.79 Å². The van der Waals surface area contributed by atoms with Gasteiger partial charge in [0.1, 0.15) is 0 Å². The summed E-state index contributed by atoms with van der Waals surface area (Å²) in [7, 11) is 0. The van der Waals surface area contributed by atoms with Gasteiger partial charge < -0.3 is 10.6 Å². The van der Waals surface area contributed by atoms with E-state index in [4.69, 9.17) is 0 Å². The zero-order chi connectivity index (χ0) is 14.5. The van der Waals surface area contributed by atoms with E-state index in [0.29, 0.717) is 13.0 Å². The van der Waals surface area contributed by atoms with Crippen molar-refractivity contribution in [1.82, 2.24) is 10.6 Å². The molecule has 0 unspecified atom stereocenters. The molecule has 0 saturated carbocycles. The van der Waals surface area contributed by atoms with E-state index in [9.17, 15) is 4.79 Å². The van der Waals surface area contributed by atoms with Gasteiger partial charge in [-0.25, -0.2) is 0 Å². The van der Waals surface area contributed by atoms with Gasteiger partial charge in [-0.15, -0.1) is 0 Å². The Morgan fingerprint density at radius 2 is 1.89 bits per heavy atom. The maximum atomic E-state index is 11.6. The fourth-order valence-corrected chi connectivity index (χ4v) is 1.91. The lowest BCUT2D eigenvalue weighted by Crippen LogP contribution is -2.41. The number of carbonyl (C=O) groups excluding carboxylic acids is 1. The topological polar surface area (TPSA) is 41.1 Å². The molecule has 1 aromatic carbocycles. The Morgan fingerprint density at radius 1 is 1.21 bits per heavy atom. The van der Waals surface area contributed by atoms with E-state index in [0.717, 1.165) is 6.54 Å². The van der Waals surface area contributed by atoms with Gasteiger partial charge in [-0.05, 0) is 51.3 Å². The van der Waals surface area contributed by atoms with E-state index in [1.165, 1.54) is 16.7 Å². The Balaban J connectivity index is 2.32. The van der Waals surface area contributed by atoms with E-state index >= 15 is 0 Å². The number of aryl methyl sites for hydroxylation is 1. The average Bonchev–Trinajstić information content (AvgIpc) is 2.27. The van der Waals surface area contributed by atoms with Crippen LogP contribution in [-0.4, -0.2) is 18.0 Å². The number of hydrogen-bond acceptors (Lipinski definition) is 2. The summed E-state index contributed by atoms with van der Waals surface area (Å²) in [6, 6.07) is 6.33. The first-order valence-electron chi connectivity index (χ1n) is 6.86. The van der Waals surface area contributed by atoms with E-state index in [1.807, 2.05) is 20.8 Å². The van der Waals surface area contributed by atoms with Gasteiger partial charge in [-0.1, -0.05) is 18.2 Å². The summed E-state index contributed by atoms with van der Waals surface area (Å²) in [5.41, 5.74) is 3.79. The first kappa shape index (κ1) is 15.7. The molecular formula is C16H26N2O. The van der Waals surface area contributed by atoms with Crippen LogP contribution >= 0.6 is 0 Å². The van der Waals surface area contributed by atoms with Crippen LogP contribution in [-0.2, 0) is 11.3 Å². The molecule has 0 atom stereocenters. The van der Waals surface area contributed by atoms with Gasteiger partial charge in [0.25, 0.3) is 0 Å². The lowest BCUT2D eigenvalue weighted by Gasteiger charge is -2.20. The largest absolute Gasteiger partial charge is 0.351 e. The van der Waals surface area contributed by atoms with Gasteiger partial charge in [0.15, 0.2) is 0 Å². The quantitative estimate of drug-likeness (QED) is 0.801. The molecule has 19 heavy (non-hydrogen) atoms. The van der Waals surface area contributed by atoms with Crippen molar-refractivity contribution in [2.75, 3.05) is 6.54 Å². The smallest absolute Gasteiger partial charge is 0.221 e. The zero-order valence-electron chi connectivity index (χ0n) is 12.8. The number of benzene rings is 1. The molecule has 0 spiro atoms. The molecular weight excluding hydrogens is 236 g/mol. The molecule has 0 aliphatic rings. The van der Waals surface area contributed by atoms with Crippen molar-refractivity contribution in [3.05, 3.63) is 34.9 Å². The molecule has 0 aliphatic heterocycles. The highest BCUT2D eigenvalue weighted by Crippen LogP contribution is 2.12. The number of rotatable bonds is 5. The van der Waals surface area contributed by atoms with Crippen LogP contribution in [0, 0.1) is 13.8 Å². The average molecular weight is 262 g/mol. The fourth-order valence-electron chi connectivity index (χ4n) is 1.91. The number of nitrogens with one attached hydrogen (secondary N) is 2. The standard InChI is InChI=1S/C16H26N2O/c1-12-7-6-8-14(13(12)2)11-17-10-9-15(19)18-16(3,4)5/h6-8,17H,9-11H2,1-5H3,(H,18,19). The predicted octanol–water partition coefficient (Wildman–Crippen LogP) is 2.70. The van der Waals surface area contributed by atoms with Gasteiger partial charge in [0, 0.05) is 25.0 Å². The van der Waals surface area contributed by atoms with Crippen LogP contribution in [0.5, 0.6) is 0 Å². The van der Waals surface area contributed by atoms with E-state index < -0.39 is 0 Å². The molecule has 0 fully saturated rings. The molecule has 0 saturated heterocycles. The Labute approximate surface area is 116 Å². The Bertz CT molecular complexity index is 433. The summed E-state index contributed by atoms with van der Waals surface area (Å²) in [4.78, 5) is 11.6. The molecule has 1 aromatic rings. The highest BCUT2D eigenvalue weighted by Gasteiger charge is 2.12. The molecule has 1 amide bonds. The summed E-state index contributed by atoms with van der Waals surface area (Å²) in [5, 5.41) is 6.28. The minimum absolute atomic E-state index is 0.0981. The number of amides is 1. The second-order valence-electron chi connectivity index (χ2n) is 6.08. The predicted molar refractivity (Wildman–Crippen MR) is 80.1 cm³/mol. The van der Waals surface area contributed by atoms with Gasteiger partial charge >= 0.3 is 0 Å². The van der Waals surface area contributed by atoms with Crippen molar-refractivity contribution >= 4 is 5.91 Å². The van der Waals surface area contributed by atoms with E-state index in [1.54, 1.807) is 0 Å². The van der Waals surface area contributed by atoms with Crippen LogP contribution < -0.4 is 10.6 Å². The SMILES string of the molecule is Cc1cccc(CNCCC(=O)NC(C)(C)C)c1C. The molecule has 106 valence electrons. The number of hydrogen-bond donors (Lipinski definition) is 2. The second kappa shape index (κ2) is 6.71. The van der Waals surface area contributed by atoms with Crippen LogP contribution in [0.4, 0.5) is 0 Å². The molecule has 2 N–H and O–H groups in total. The molecule has 0 bridgehead atoms. The van der Waals surface area contributed by atoms with Gasteiger partial charge in [0.05, 0.1) is 0 Å². The Hall–Kier alpha value is -1.35. The second-order valence-corrected chi connectivity index (χ2v) is 6.08. The maximum absolute atomic E-state index is 11.6. The summed E-state index contributed by atoms with van der Waals surface area (Å²) in [5.74, 6) is 0.0981. The molecule has 0 radical (unpaired) electrons. The van der Waals surface area contributed by atoms with Crippen molar-refractivity contribution in [2.45, 2.75) is 53.1 Å². The van der Waals surface area contributed by atoms with Crippen molar-refractivity contribution in [3.63, 3.8) is 0 Å². The summed E-state index contributed by atoms with van der Waals surface area (Å²) < 4.78 is 0. The normalized spacial score (nSPS) is 11.4. The van der Waals surface area contributed by atoms with Crippen LogP contribution in [0.25, 0.3) is 0 Å². The molecule has 3 heteroatoms. The highest BCUT2D eigenvalue weighted by molar-refractivity contribution is 5.76. The third kappa shape index (κ3) is 5.88. The summed E-state index contributed by atoms with van der Waals surface area (Å²) >= 11 is 0. The van der Waals surface area contributed by atoms with E-state index in [2.05, 4.69) is 42.7 Å². The maximum Gasteiger partial charge on any atom is 0.221 e. The lowest BCUT2D eigenvalue weighted by atomic mass is 10.0. The Kier molecular flexibility index (Phi) is 5.55. The van der Waals surface area contributed by atoms with Crippen LogP contribution in [0.15, 0.2) is 18.2 Å². The van der Waals surface area contributed by atoms with Crippen molar-refractivity contribution in [3.8, 4) is 0 Å². The number of carbonyl (C=O) groups is 1. The van der Waals surface area contributed by atoms with Gasteiger partial charge in [-0.3, -0.25) is 4.79 Å². The minimum Gasteiger partial charge on any atom is -0.351 e.